The molecule has 312 valence electrons. The number of carboxylic acid groups (broad SMARTS) is 1. The van der Waals surface area contributed by atoms with E-state index in [1.807, 2.05) is 13.8 Å². The molecule has 0 saturated heterocycles. The number of ether oxygens (including phenoxy) is 3. The van der Waals surface area contributed by atoms with Crippen molar-refractivity contribution in [2.24, 2.45) is 10.4 Å². The summed E-state index contributed by atoms with van der Waals surface area (Å²) >= 11 is 0. The number of allylic oxidation sites excluding steroid dienone is 2. The molecule has 0 aliphatic heterocycles. The minimum absolute atomic E-state index is 0.0150. The van der Waals surface area contributed by atoms with Crippen LogP contribution in [0.2, 0.25) is 0 Å². The maximum Gasteiger partial charge on any atom is 0.329 e. The van der Waals surface area contributed by atoms with Gasteiger partial charge in [-0.1, -0.05) is 13.8 Å². The van der Waals surface area contributed by atoms with E-state index in [0.29, 0.717) is 31.4 Å². The highest BCUT2D eigenvalue weighted by Crippen LogP contribution is 2.36. The zero-order chi connectivity index (χ0) is 42.5. The Bertz CT molecular complexity index is 1480. The molecule has 1 rings (SSSR count). The van der Waals surface area contributed by atoms with Gasteiger partial charge in [0.05, 0.1) is 5.57 Å². The van der Waals surface area contributed by atoms with Crippen LogP contribution in [0.5, 0.6) is 0 Å². The molecule has 0 spiro atoms. The molecule has 0 saturated carbocycles. The van der Waals surface area contributed by atoms with Crippen molar-refractivity contribution in [1.29, 1.82) is 0 Å². The van der Waals surface area contributed by atoms with E-state index >= 15 is 0 Å². The maximum atomic E-state index is 13.2. The SMILES string of the molecule is CC(=NCCCC[C@H](NC(=O)CC[C@H](NC(=O)N[C@@H](CCC(=O)OC(C)(C)C)C(=O)OC(C)(C)C)C(=O)OC(C)(C)C)C(=O)O)C1=C(O)CC(C)(C)CC1=O. The van der Waals surface area contributed by atoms with Gasteiger partial charge in [0.2, 0.25) is 5.91 Å². The number of aliphatic carboxylic acids is 1. The molecule has 0 heterocycles. The van der Waals surface area contributed by atoms with E-state index in [0.717, 1.165) is 0 Å². The van der Waals surface area contributed by atoms with Gasteiger partial charge in [0, 0.05) is 37.9 Å². The summed E-state index contributed by atoms with van der Waals surface area (Å²) in [5.41, 5.74) is -2.32. The van der Waals surface area contributed by atoms with Crippen molar-refractivity contribution in [3.8, 4) is 0 Å². The minimum atomic E-state index is -1.38. The third-order valence-corrected chi connectivity index (χ3v) is 7.81. The number of esters is 3. The van der Waals surface area contributed by atoms with Crippen LogP contribution in [-0.4, -0.2) is 99.0 Å². The van der Waals surface area contributed by atoms with Crippen LogP contribution in [0.1, 0.15) is 141 Å². The van der Waals surface area contributed by atoms with Gasteiger partial charge in [-0.05, 0) is 107 Å². The fourth-order valence-corrected chi connectivity index (χ4v) is 5.54. The van der Waals surface area contributed by atoms with Crippen molar-refractivity contribution in [2.45, 2.75) is 176 Å². The van der Waals surface area contributed by atoms with Gasteiger partial charge in [-0.2, -0.15) is 0 Å². The molecule has 1 aliphatic rings. The molecule has 3 atom stereocenters. The number of aliphatic hydroxyl groups excluding tert-OH is 1. The monoisotopic (exact) mass is 780 g/mol. The first-order chi connectivity index (χ1) is 25.0. The lowest BCUT2D eigenvalue weighted by atomic mass is 9.76. The number of Topliss-reactive ketones (excluding diaryl/α,β-unsaturated/α-hetero) is 1. The third-order valence-electron chi connectivity index (χ3n) is 7.81. The second-order valence-corrected chi connectivity index (χ2v) is 17.6. The predicted octanol–water partition coefficient (Wildman–Crippen LogP) is 5.01. The number of aliphatic imine (C=N–C) groups is 1. The van der Waals surface area contributed by atoms with Crippen molar-refractivity contribution < 1.29 is 58.0 Å². The number of urea groups is 1. The molecule has 16 nitrogen and oxygen atoms in total. The third kappa shape index (κ3) is 20.1. The van der Waals surface area contributed by atoms with Gasteiger partial charge in [-0.25, -0.2) is 19.2 Å². The Morgan fingerprint density at radius 2 is 1.22 bits per heavy atom. The Hall–Kier alpha value is -4.50. The topological polar surface area (TPSA) is 236 Å². The second-order valence-electron chi connectivity index (χ2n) is 17.6. The van der Waals surface area contributed by atoms with Gasteiger partial charge in [0.15, 0.2) is 5.78 Å². The molecule has 55 heavy (non-hydrogen) atoms. The van der Waals surface area contributed by atoms with Gasteiger partial charge < -0.3 is 40.4 Å². The molecule has 0 aromatic carbocycles. The van der Waals surface area contributed by atoms with Crippen LogP contribution in [0.25, 0.3) is 0 Å². The van der Waals surface area contributed by atoms with Gasteiger partial charge in [-0.3, -0.25) is 19.4 Å². The predicted molar refractivity (Wildman–Crippen MR) is 204 cm³/mol. The molecule has 0 aromatic rings. The van der Waals surface area contributed by atoms with Crippen LogP contribution >= 0.6 is 0 Å². The first-order valence-electron chi connectivity index (χ1n) is 18.7. The average Bonchev–Trinajstić information content (AvgIpc) is 2.96. The number of amides is 3. The first-order valence-corrected chi connectivity index (χ1v) is 18.7. The molecule has 5 N–H and O–H groups in total. The van der Waals surface area contributed by atoms with Crippen LogP contribution in [-0.2, 0) is 43.0 Å². The molecular formula is C39H64N4O12. The summed E-state index contributed by atoms with van der Waals surface area (Å²) in [5.74, 6) is -4.40. The Morgan fingerprint density at radius 1 is 0.727 bits per heavy atom. The molecule has 3 amide bonds. The lowest BCUT2D eigenvalue weighted by molar-refractivity contribution is -0.159. The summed E-state index contributed by atoms with van der Waals surface area (Å²) in [6.45, 7) is 20.6. The number of rotatable bonds is 18. The van der Waals surface area contributed by atoms with Crippen LogP contribution in [0, 0.1) is 5.41 Å². The van der Waals surface area contributed by atoms with E-state index in [1.54, 1.807) is 69.2 Å². The molecule has 0 bridgehead atoms. The number of unbranched alkanes of at least 4 members (excludes halogenated alkanes) is 1. The highest BCUT2D eigenvalue weighted by molar-refractivity contribution is 6.22. The lowest BCUT2D eigenvalue weighted by Gasteiger charge is -2.29. The summed E-state index contributed by atoms with van der Waals surface area (Å²) in [6.07, 6.45) is 0.527. The summed E-state index contributed by atoms with van der Waals surface area (Å²) < 4.78 is 16.2. The summed E-state index contributed by atoms with van der Waals surface area (Å²) in [7, 11) is 0. The van der Waals surface area contributed by atoms with E-state index in [-0.39, 0.29) is 61.2 Å². The number of ketones is 1. The number of carbonyl (C=O) groups excluding carboxylic acids is 6. The largest absolute Gasteiger partial charge is 0.511 e. The molecule has 1 aliphatic carbocycles. The van der Waals surface area contributed by atoms with E-state index in [4.69, 9.17) is 14.2 Å². The summed E-state index contributed by atoms with van der Waals surface area (Å²) in [4.78, 5) is 93.5. The fourth-order valence-electron chi connectivity index (χ4n) is 5.54. The minimum Gasteiger partial charge on any atom is -0.511 e. The van der Waals surface area contributed by atoms with Crippen molar-refractivity contribution in [3.63, 3.8) is 0 Å². The number of hydrogen-bond donors (Lipinski definition) is 5. The average molecular weight is 781 g/mol. The van der Waals surface area contributed by atoms with Crippen molar-refractivity contribution in [2.75, 3.05) is 6.54 Å². The highest BCUT2D eigenvalue weighted by Gasteiger charge is 2.35. The number of carboxylic acids is 1. The number of nitrogens with zero attached hydrogens (tertiary/aromatic N) is 1. The molecular weight excluding hydrogens is 716 g/mol. The van der Waals surface area contributed by atoms with Gasteiger partial charge in [0.25, 0.3) is 0 Å². The molecule has 0 radical (unpaired) electrons. The van der Waals surface area contributed by atoms with E-state index in [2.05, 4.69) is 20.9 Å². The smallest absolute Gasteiger partial charge is 0.329 e. The normalized spacial score (nSPS) is 16.7. The molecule has 0 unspecified atom stereocenters. The Balaban J connectivity index is 2.93. The zero-order valence-electron chi connectivity index (χ0n) is 34.7. The Kier molecular flexibility index (Phi) is 18.0. The quantitative estimate of drug-likeness (QED) is 0.0534. The lowest BCUT2D eigenvalue weighted by Crippen LogP contribution is -2.53. The summed E-state index contributed by atoms with van der Waals surface area (Å²) in [5, 5.41) is 27.5. The van der Waals surface area contributed by atoms with Crippen molar-refractivity contribution in [3.05, 3.63) is 11.3 Å². The number of aliphatic hydroxyl groups is 1. The number of nitrogens with one attached hydrogen (secondary N) is 3. The highest BCUT2D eigenvalue weighted by atomic mass is 16.6. The van der Waals surface area contributed by atoms with Crippen molar-refractivity contribution >= 4 is 47.3 Å². The molecule has 0 aromatic heterocycles. The zero-order valence-corrected chi connectivity index (χ0v) is 34.7. The Labute approximate surface area is 325 Å². The molecule has 0 fully saturated rings. The van der Waals surface area contributed by atoms with Crippen LogP contribution < -0.4 is 16.0 Å². The first kappa shape index (κ1) is 48.5. The fraction of sp³-hybridized carbons (Fsp3) is 0.744. The van der Waals surface area contributed by atoms with E-state index < -0.39 is 70.7 Å². The van der Waals surface area contributed by atoms with Crippen LogP contribution in [0.15, 0.2) is 16.3 Å². The number of carbonyl (C=O) groups is 7. The Morgan fingerprint density at radius 3 is 1.67 bits per heavy atom. The van der Waals surface area contributed by atoms with Crippen LogP contribution in [0.4, 0.5) is 4.79 Å². The van der Waals surface area contributed by atoms with E-state index in [9.17, 15) is 43.8 Å². The van der Waals surface area contributed by atoms with Crippen LogP contribution in [0.3, 0.4) is 0 Å². The van der Waals surface area contributed by atoms with Gasteiger partial charge in [0.1, 0.15) is 40.7 Å². The standard InChI is InChI=1S/C39H64N4O12/c1-23(31-27(44)21-39(11,12)22-28(31)45)40-20-14-13-15-24(32(48)49)41-29(46)18-16-25(33(50)54-37(5,6)7)42-35(52)43-26(34(51)55-38(8,9)10)17-19-30(47)53-36(2,3)4/h24-26,44H,13-22H2,1-12H3,(H,41,46)(H,48,49)(H2,42,43,52)/t24-,25-,26-/m0/s1. The van der Waals surface area contributed by atoms with Crippen molar-refractivity contribution in [1.82, 2.24) is 16.0 Å². The molecule has 16 heteroatoms. The second kappa shape index (κ2) is 20.4. The summed E-state index contributed by atoms with van der Waals surface area (Å²) in [6, 6.07) is -4.90. The van der Waals surface area contributed by atoms with Gasteiger partial charge >= 0.3 is 29.9 Å². The van der Waals surface area contributed by atoms with Gasteiger partial charge in [-0.15, -0.1) is 0 Å². The van der Waals surface area contributed by atoms with E-state index in [1.165, 1.54) is 0 Å². The number of hydrogen-bond acceptors (Lipinski definition) is 12. The maximum absolute atomic E-state index is 13.2.